The minimum Gasteiger partial charge on any atom is -1.00 e. The third-order valence-corrected chi connectivity index (χ3v) is 3.13. The third kappa shape index (κ3) is 4.96. The Morgan fingerprint density at radius 3 is 2.65 bits per heavy atom. The topological polar surface area (TPSA) is 46.5 Å². The van der Waals surface area contributed by atoms with Crippen LogP contribution in [0.15, 0.2) is 30.9 Å². The fraction of sp³-hybridized carbons (Fsp3) is 0.400. The van der Waals surface area contributed by atoms with Gasteiger partial charge in [0.05, 0.1) is 0 Å². The number of carbonyl (C=O) groups excluding carboxylic acids is 1. The van der Waals surface area contributed by atoms with Gasteiger partial charge in [-0.15, -0.1) is 0 Å². The molecule has 0 saturated heterocycles. The Balaban J connectivity index is 0.00000361. The molecule has 5 heteroatoms. The van der Waals surface area contributed by atoms with Gasteiger partial charge in [0.15, 0.2) is 13.1 Å². The van der Waals surface area contributed by atoms with E-state index in [9.17, 15) is 10.0 Å². The summed E-state index contributed by atoms with van der Waals surface area (Å²) in [5.74, 6) is -0.624. The van der Waals surface area contributed by atoms with Crippen molar-refractivity contribution in [3.63, 3.8) is 0 Å². The van der Waals surface area contributed by atoms with Crippen molar-refractivity contribution in [1.29, 1.82) is 0 Å². The largest absolute Gasteiger partial charge is 1.00 e. The fourth-order valence-electron chi connectivity index (χ4n) is 1.96. The number of benzene rings is 1. The van der Waals surface area contributed by atoms with Crippen LogP contribution in [0.2, 0.25) is 0 Å². The molecule has 1 rings (SSSR count). The molecule has 1 atom stereocenters. The summed E-state index contributed by atoms with van der Waals surface area (Å²) in [6.07, 6.45) is 1.76. The van der Waals surface area contributed by atoms with Crippen LogP contribution in [0.25, 0.3) is 0 Å². The van der Waals surface area contributed by atoms with Gasteiger partial charge in [-0.2, -0.15) is 5.21 Å². The number of hydrogen-bond donors (Lipinski definition) is 1. The molecule has 1 N–H and O–H groups in total. The zero-order valence-electron chi connectivity index (χ0n) is 12.2. The summed E-state index contributed by atoms with van der Waals surface area (Å²) in [7, 11) is 0. The fourth-order valence-corrected chi connectivity index (χ4v) is 1.96. The van der Waals surface area contributed by atoms with Crippen LogP contribution < -0.4 is 12.4 Å². The predicted molar refractivity (Wildman–Crippen MR) is 73.1 cm³/mol. The Morgan fingerprint density at radius 1 is 1.45 bits per heavy atom. The number of quaternary nitrogens is 1. The first-order valence-electron chi connectivity index (χ1n) is 6.42. The van der Waals surface area contributed by atoms with Gasteiger partial charge in [0.2, 0.25) is 0 Å². The highest BCUT2D eigenvalue weighted by molar-refractivity contribution is 5.80. The summed E-state index contributed by atoms with van der Waals surface area (Å²) in [5, 5.41) is 10.4. The zero-order chi connectivity index (χ0) is 14.5. The molecule has 1 aromatic carbocycles. The molecule has 0 aliphatic rings. The van der Waals surface area contributed by atoms with E-state index in [0.717, 1.165) is 22.8 Å². The van der Waals surface area contributed by atoms with E-state index < -0.39 is 10.8 Å². The molecule has 0 bridgehead atoms. The van der Waals surface area contributed by atoms with Gasteiger partial charge in [-0.3, -0.25) is 0 Å². The predicted octanol–water partition coefficient (Wildman–Crippen LogP) is 0.0676. The van der Waals surface area contributed by atoms with Gasteiger partial charge in [0.1, 0.15) is 0 Å². The summed E-state index contributed by atoms with van der Waals surface area (Å²) in [6.45, 7) is 9.86. The smallest absolute Gasteiger partial charge is 0.394 e. The van der Waals surface area contributed by atoms with E-state index in [1.807, 2.05) is 39.0 Å². The molecule has 0 spiro atoms. The van der Waals surface area contributed by atoms with Crippen LogP contribution in [0, 0.1) is 13.8 Å². The van der Waals surface area contributed by atoms with Crippen molar-refractivity contribution in [2.45, 2.75) is 33.7 Å². The van der Waals surface area contributed by atoms with Crippen molar-refractivity contribution < 1.29 is 32.1 Å². The Labute approximate surface area is 126 Å². The van der Waals surface area contributed by atoms with Gasteiger partial charge < -0.3 is 12.4 Å². The maximum Gasteiger partial charge on any atom is 0.394 e. The second-order valence-corrected chi connectivity index (χ2v) is 4.70. The maximum absolute atomic E-state index is 11.3. The molecule has 20 heavy (non-hydrogen) atoms. The minimum absolute atomic E-state index is 0. The van der Waals surface area contributed by atoms with E-state index in [2.05, 4.69) is 6.58 Å². The van der Waals surface area contributed by atoms with Crippen molar-refractivity contribution in [2.75, 3.05) is 6.54 Å². The minimum atomic E-state index is -0.744. The van der Waals surface area contributed by atoms with Crippen LogP contribution in [0.5, 0.6) is 0 Å². The highest BCUT2D eigenvalue weighted by Gasteiger charge is 2.31. The van der Waals surface area contributed by atoms with E-state index >= 15 is 0 Å². The van der Waals surface area contributed by atoms with E-state index in [1.54, 1.807) is 0 Å². The van der Waals surface area contributed by atoms with Crippen molar-refractivity contribution >= 4 is 5.97 Å². The van der Waals surface area contributed by atoms with E-state index in [-0.39, 0.29) is 19.0 Å². The molecular weight excluding hydrogens is 278 g/mol. The molecule has 112 valence electrons. The first kappa shape index (κ1) is 18.6. The second-order valence-electron chi connectivity index (χ2n) is 4.70. The maximum atomic E-state index is 11.3. The molecule has 1 aromatic rings. The van der Waals surface area contributed by atoms with Crippen LogP contribution >= 0.6 is 0 Å². The average Bonchev–Trinajstić information content (AvgIpc) is 2.35. The van der Waals surface area contributed by atoms with Crippen LogP contribution in [0.1, 0.15) is 30.0 Å². The highest BCUT2D eigenvalue weighted by Crippen LogP contribution is 2.19. The molecule has 0 heterocycles. The summed E-state index contributed by atoms with van der Waals surface area (Å²) in [6, 6.07) is 5.88. The number of nitrogens with zero attached hydrogens (tertiary/aromatic N) is 1. The molecule has 4 nitrogen and oxygen atoms in total. The summed E-state index contributed by atoms with van der Waals surface area (Å²) in [4.78, 5) is 15.6. The lowest BCUT2D eigenvalue weighted by atomic mass is 10.0. The molecule has 1 unspecified atom stereocenters. The Kier molecular flexibility index (Phi) is 7.50. The van der Waals surface area contributed by atoms with E-state index in [4.69, 9.17) is 4.84 Å². The van der Waals surface area contributed by atoms with E-state index in [0.29, 0.717) is 13.0 Å². The van der Waals surface area contributed by atoms with Crippen LogP contribution in [0.3, 0.4) is 0 Å². The van der Waals surface area contributed by atoms with Crippen molar-refractivity contribution in [3.8, 4) is 0 Å². The Bertz CT molecular complexity index is 476. The van der Waals surface area contributed by atoms with Crippen LogP contribution in [-0.4, -0.2) is 22.5 Å². The highest BCUT2D eigenvalue weighted by atomic mass is 35.5. The molecule has 0 amide bonds. The second kappa shape index (κ2) is 8.04. The van der Waals surface area contributed by atoms with Gasteiger partial charge in [0.25, 0.3) is 0 Å². The molecule has 0 aliphatic heterocycles. The number of aryl methyl sites for hydroxylation is 1. The summed E-state index contributed by atoms with van der Waals surface area (Å²) >= 11 is 0. The standard InChI is InChI=1S/C15H22NO3.ClH/c1-5-10-16(18,19-15(17)6-2)11-14-9-7-8-12(3)13(14)4;/h6-9,18H,2,5,10-11H2,1,3-4H3;1H/q+1;/p-1. The SMILES string of the molecule is C=CC(=O)O[N+](O)(CCC)Cc1cccc(C)c1C.[Cl-]. The average molecular weight is 300 g/mol. The van der Waals surface area contributed by atoms with Crippen molar-refractivity contribution in [1.82, 2.24) is 0 Å². The van der Waals surface area contributed by atoms with E-state index in [1.165, 1.54) is 0 Å². The van der Waals surface area contributed by atoms with Crippen molar-refractivity contribution in [3.05, 3.63) is 47.5 Å². The monoisotopic (exact) mass is 299 g/mol. The van der Waals surface area contributed by atoms with Gasteiger partial charge in [-0.25, -0.2) is 9.63 Å². The summed E-state index contributed by atoms with van der Waals surface area (Å²) in [5.41, 5.74) is 3.22. The van der Waals surface area contributed by atoms with Crippen molar-refractivity contribution in [2.24, 2.45) is 0 Å². The first-order valence-corrected chi connectivity index (χ1v) is 6.42. The Morgan fingerprint density at radius 2 is 2.10 bits per heavy atom. The molecule has 0 aliphatic carbocycles. The first-order chi connectivity index (χ1) is 8.91. The number of hydrogen-bond acceptors (Lipinski definition) is 3. The number of rotatable bonds is 6. The van der Waals surface area contributed by atoms with Crippen LogP contribution in [0.4, 0.5) is 0 Å². The molecule has 0 radical (unpaired) electrons. The van der Waals surface area contributed by atoms with Gasteiger partial charge >= 0.3 is 5.97 Å². The Hall–Kier alpha value is -1.36. The molecule has 0 fully saturated rings. The lowest BCUT2D eigenvalue weighted by molar-refractivity contribution is -1.24. The summed E-state index contributed by atoms with van der Waals surface area (Å²) < 4.78 is 0. The normalized spacial score (nSPS) is 13.0. The molecule has 0 saturated carbocycles. The number of halogens is 1. The lowest BCUT2D eigenvalue weighted by Crippen LogP contribution is -3.00. The third-order valence-electron chi connectivity index (χ3n) is 3.13. The van der Waals surface area contributed by atoms with Gasteiger partial charge in [-0.1, -0.05) is 31.7 Å². The number of carbonyl (C=O) groups is 1. The molecular formula is C15H22ClNO3. The number of hydroxylamine groups is 4. The molecule has 0 aromatic heterocycles. The van der Waals surface area contributed by atoms with Crippen LogP contribution in [-0.2, 0) is 16.2 Å². The van der Waals surface area contributed by atoms with Gasteiger partial charge in [0, 0.05) is 22.9 Å². The lowest BCUT2D eigenvalue weighted by Gasteiger charge is -2.26. The van der Waals surface area contributed by atoms with Gasteiger partial charge in [-0.05, 0) is 25.0 Å². The quantitative estimate of drug-likeness (QED) is 0.459. The zero-order valence-corrected chi connectivity index (χ0v) is 13.0.